The van der Waals surface area contributed by atoms with E-state index in [-0.39, 0.29) is 5.56 Å². The van der Waals surface area contributed by atoms with E-state index in [2.05, 4.69) is 0 Å². The lowest BCUT2D eigenvalue weighted by molar-refractivity contribution is -0.137. The summed E-state index contributed by atoms with van der Waals surface area (Å²) in [5.41, 5.74) is 1.40. The molecule has 0 aliphatic heterocycles. The lowest BCUT2D eigenvalue weighted by Gasteiger charge is -2.12. The lowest BCUT2D eigenvalue weighted by atomic mass is 9.98. The zero-order chi connectivity index (χ0) is 12.3. The Morgan fingerprint density at radius 3 is 2.56 bits per heavy atom. The second-order valence-electron chi connectivity index (χ2n) is 3.35. The molecule has 0 aromatic heterocycles. The molecule has 1 unspecified atom stereocenters. The van der Waals surface area contributed by atoms with Crippen LogP contribution in [0.3, 0.4) is 0 Å². The molecule has 6 heteroatoms. The molecular weight excluding hydrogens is 221 g/mol. The predicted octanol–water partition coefficient (Wildman–Crippen LogP) is 1.80. The molecule has 0 aliphatic carbocycles. The highest BCUT2D eigenvalue weighted by Gasteiger charge is 2.31. The quantitative estimate of drug-likeness (QED) is 0.464. The molecule has 1 rings (SSSR count). The fourth-order valence-corrected chi connectivity index (χ4v) is 1.26. The Kier molecular flexibility index (Phi) is 3.54. The molecule has 3 N–H and O–H groups in total. The van der Waals surface area contributed by atoms with Gasteiger partial charge in [0.2, 0.25) is 5.91 Å². The maximum absolute atomic E-state index is 12.4. The van der Waals surface area contributed by atoms with E-state index in [9.17, 15) is 18.0 Å². The van der Waals surface area contributed by atoms with Crippen LogP contribution in [0.5, 0.6) is 0 Å². The van der Waals surface area contributed by atoms with Crippen LogP contribution in [0.15, 0.2) is 24.3 Å². The standard InChI is InChI=1S/C10H11F3N2O/c1-6(9(16)15-14)7-3-2-4-8(5-7)10(11,12)13/h2-6H,14H2,1H3,(H,15,16). The highest BCUT2D eigenvalue weighted by Crippen LogP contribution is 2.31. The lowest BCUT2D eigenvalue weighted by Crippen LogP contribution is -2.33. The molecule has 0 radical (unpaired) electrons. The molecule has 3 nitrogen and oxygen atoms in total. The van der Waals surface area contributed by atoms with Crippen molar-refractivity contribution in [1.82, 2.24) is 5.43 Å². The molecule has 0 bridgehead atoms. The van der Waals surface area contributed by atoms with Gasteiger partial charge in [0.1, 0.15) is 0 Å². The Morgan fingerprint density at radius 2 is 2.06 bits per heavy atom. The fraction of sp³-hybridized carbons (Fsp3) is 0.300. The van der Waals surface area contributed by atoms with Crippen LogP contribution in [0.1, 0.15) is 24.0 Å². The average Bonchev–Trinajstić information content (AvgIpc) is 2.26. The smallest absolute Gasteiger partial charge is 0.294 e. The third kappa shape index (κ3) is 2.73. The summed E-state index contributed by atoms with van der Waals surface area (Å²) in [4.78, 5) is 11.2. The van der Waals surface area contributed by atoms with E-state index in [1.54, 1.807) is 0 Å². The Morgan fingerprint density at radius 1 is 1.44 bits per heavy atom. The molecule has 0 fully saturated rings. The number of halogens is 3. The summed E-state index contributed by atoms with van der Waals surface area (Å²) >= 11 is 0. The number of carbonyl (C=O) groups excluding carboxylic acids is 1. The van der Waals surface area contributed by atoms with Gasteiger partial charge >= 0.3 is 6.18 Å². The third-order valence-corrected chi connectivity index (χ3v) is 2.25. The molecular formula is C10H11F3N2O. The Balaban J connectivity index is 3.04. The summed E-state index contributed by atoms with van der Waals surface area (Å²) in [6.07, 6.45) is -4.41. The molecule has 1 aromatic rings. The van der Waals surface area contributed by atoms with E-state index in [0.29, 0.717) is 0 Å². The van der Waals surface area contributed by atoms with Gasteiger partial charge in [-0.15, -0.1) is 0 Å². The molecule has 1 amide bonds. The van der Waals surface area contributed by atoms with Crippen molar-refractivity contribution in [2.45, 2.75) is 19.0 Å². The van der Waals surface area contributed by atoms with Gasteiger partial charge in [0.25, 0.3) is 0 Å². The first-order valence-electron chi connectivity index (χ1n) is 4.54. The molecule has 1 atom stereocenters. The SMILES string of the molecule is CC(C(=O)NN)c1cccc(C(F)(F)F)c1. The van der Waals surface area contributed by atoms with Crippen LogP contribution in [0.4, 0.5) is 13.2 Å². The van der Waals surface area contributed by atoms with Crippen molar-refractivity contribution < 1.29 is 18.0 Å². The van der Waals surface area contributed by atoms with Crippen molar-refractivity contribution in [3.63, 3.8) is 0 Å². The monoisotopic (exact) mass is 232 g/mol. The first-order valence-corrected chi connectivity index (χ1v) is 4.54. The predicted molar refractivity (Wildman–Crippen MR) is 52.2 cm³/mol. The first-order chi connectivity index (χ1) is 7.36. The van der Waals surface area contributed by atoms with Crippen molar-refractivity contribution in [1.29, 1.82) is 0 Å². The van der Waals surface area contributed by atoms with E-state index in [1.807, 2.05) is 5.43 Å². The number of benzene rings is 1. The number of amides is 1. The van der Waals surface area contributed by atoms with E-state index in [0.717, 1.165) is 12.1 Å². The summed E-state index contributed by atoms with van der Waals surface area (Å²) in [5.74, 6) is 3.67. The number of hydrazine groups is 1. The van der Waals surface area contributed by atoms with Gasteiger partial charge in [0.15, 0.2) is 0 Å². The Hall–Kier alpha value is -1.56. The van der Waals surface area contributed by atoms with Gasteiger partial charge in [-0.05, 0) is 18.6 Å². The molecule has 0 spiro atoms. The minimum atomic E-state index is -4.41. The molecule has 0 aliphatic rings. The zero-order valence-electron chi connectivity index (χ0n) is 8.51. The number of rotatable bonds is 2. The minimum absolute atomic E-state index is 0.276. The molecule has 88 valence electrons. The number of hydrogen-bond donors (Lipinski definition) is 2. The van der Waals surface area contributed by atoms with Crippen LogP contribution in [-0.2, 0) is 11.0 Å². The van der Waals surface area contributed by atoms with Gasteiger partial charge in [0.05, 0.1) is 11.5 Å². The van der Waals surface area contributed by atoms with Crippen molar-refractivity contribution in [2.24, 2.45) is 5.84 Å². The van der Waals surface area contributed by atoms with Crippen molar-refractivity contribution >= 4 is 5.91 Å². The highest BCUT2D eigenvalue weighted by molar-refractivity contribution is 5.82. The third-order valence-electron chi connectivity index (χ3n) is 2.25. The van der Waals surface area contributed by atoms with E-state index in [1.165, 1.54) is 19.1 Å². The first kappa shape index (κ1) is 12.5. The van der Waals surface area contributed by atoms with Crippen LogP contribution < -0.4 is 11.3 Å². The van der Waals surface area contributed by atoms with Gasteiger partial charge in [-0.25, -0.2) is 5.84 Å². The summed E-state index contributed by atoms with van der Waals surface area (Å²) in [7, 11) is 0. The van der Waals surface area contributed by atoms with E-state index < -0.39 is 23.6 Å². The van der Waals surface area contributed by atoms with Crippen molar-refractivity contribution in [2.75, 3.05) is 0 Å². The van der Waals surface area contributed by atoms with Gasteiger partial charge in [-0.1, -0.05) is 18.2 Å². The maximum atomic E-state index is 12.4. The summed E-state index contributed by atoms with van der Waals surface area (Å²) < 4.78 is 37.2. The van der Waals surface area contributed by atoms with E-state index in [4.69, 9.17) is 5.84 Å². The van der Waals surface area contributed by atoms with Crippen LogP contribution >= 0.6 is 0 Å². The molecule has 0 saturated heterocycles. The van der Waals surface area contributed by atoms with Crippen LogP contribution in [0, 0.1) is 0 Å². The zero-order valence-corrected chi connectivity index (χ0v) is 8.51. The second kappa shape index (κ2) is 4.52. The van der Waals surface area contributed by atoms with Gasteiger partial charge in [-0.3, -0.25) is 10.2 Å². The molecule has 16 heavy (non-hydrogen) atoms. The molecule has 0 heterocycles. The highest BCUT2D eigenvalue weighted by atomic mass is 19.4. The maximum Gasteiger partial charge on any atom is 0.416 e. The number of nitrogens with one attached hydrogen (secondary N) is 1. The normalized spacial score (nSPS) is 13.3. The Labute approximate surface area is 90.4 Å². The van der Waals surface area contributed by atoms with Crippen LogP contribution in [-0.4, -0.2) is 5.91 Å². The van der Waals surface area contributed by atoms with Crippen LogP contribution in [0.2, 0.25) is 0 Å². The number of alkyl halides is 3. The molecule has 1 aromatic carbocycles. The second-order valence-corrected chi connectivity index (χ2v) is 3.35. The Bertz CT molecular complexity index is 390. The van der Waals surface area contributed by atoms with Gasteiger partial charge < -0.3 is 0 Å². The number of nitrogens with two attached hydrogens (primary N) is 1. The van der Waals surface area contributed by atoms with Crippen LogP contribution in [0.25, 0.3) is 0 Å². The fourth-order valence-electron chi connectivity index (χ4n) is 1.26. The van der Waals surface area contributed by atoms with E-state index >= 15 is 0 Å². The number of carbonyl (C=O) groups is 1. The van der Waals surface area contributed by atoms with Gasteiger partial charge in [0, 0.05) is 0 Å². The number of hydrogen-bond acceptors (Lipinski definition) is 2. The minimum Gasteiger partial charge on any atom is -0.294 e. The summed E-state index contributed by atoms with van der Waals surface area (Å²) in [5, 5.41) is 0. The average molecular weight is 232 g/mol. The van der Waals surface area contributed by atoms with Crippen molar-refractivity contribution in [3.05, 3.63) is 35.4 Å². The summed E-state index contributed by atoms with van der Waals surface area (Å²) in [6.45, 7) is 1.48. The summed E-state index contributed by atoms with van der Waals surface area (Å²) in [6, 6.07) is 4.62. The van der Waals surface area contributed by atoms with Gasteiger partial charge in [-0.2, -0.15) is 13.2 Å². The topological polar surface area (TPSA) is 55.1 Å². The van der Waals surface area contributed by atoms with Crippen molar-refractivity contribution in [3.8, 4) is 0 Å². The molecule has 0 saturated carbocycles. The largest absolute Gasteiger partial charge is 0.416 e.